The van der Waals surface area contributed by atoms with Crippen molar-refractivity contribution in [2.45, 2.75) is 107 Å². The minimum Gasteiger partial charge on any atom is -0.0613 e. The van der Waals surface area contributed by atoms with Crippen molar-refractivity contribution in [2.75, 3.05) is 0 Å². The Hall–Kier alpha value is -4.16. The molecule has 0 heteroatoms. The summed E-state index contributed by atoms with van der Waals surface area (Å²) in [5.74, 6) is 0. The summed E-state index contributed by atoms with van der Waals surface area (Å²) >= 11 is 0. The Morgan fingerprint density at radius 1 is 0.208 bits per heavy atom. The van der Waals surface area contributed by atoms with Gasteiger partial charge in [-0.25, -0.2) is 0 Å². The maximum absolute atomic E-state index is 2.29. The first-order valence-electron chi connectivity index (χ1n) is 18.6. The molecule has 0 aliphatic carbocycles. The molecular weight excluding hydrogens is 577 g/mol. The third kappa shape index (κ3) is 12.1. The number of fused-ring (bicyclic) bond motifs is 2. The summed E-state index contributed by atoms with van der Waals surface area (Å²) in [5, 5.41) is 5.45. The van der Waals surface area contributed by atoms with Crippen LogP contribution in [0.2, 0.25) is 0 Å². The molecule has 0 nitrogen and oxygen atoms in total. The van der Waals surface area contributed by atoms with E-state index in [0.29, 0.717) is 0 Å². The van der Waals surface area contributed by atoms with Crippen molar-refractivity contribution >= 4 is 21.5 Å². The van der Waals surface area contributed by atoms with Crippen LogP contribution in [-0.4, -0.2) is 0 Å². The van der Waals surface area contributed by atoms with E-state index in [9.17, 15) is 0 Å². The lowest BCUT2D eigenvalue weighted by atomic mass is 10.0. The lowest BCUT2D eigenvalue weighted by molar-refractivity contribution is 1.10. The standard InChI is InChI=1S/2C14H16.2C10H14/c2*1-3-11-5-7-14-10-12(4-2)6-8-13(14)9-11;2*1-3-9-5-7-10(4-2)8-6-9/h2*5-10H,3-4H2,1-2H3;2*5-8H,3-4H2,1-2H3. The van der Waals surface area contributed by atoms with E-state index >= 15 is 0 Å². The van der Waals surface area contributed by atoms with Gasteiger partial charge in [-0.1, -0.05) is 177 Å². The second-order valence-electron chi connectivity index (χ2n) is 12.5. The molecule has 0 fully saturated rings. The molecule has 0 atom stereocenters. The fourth-order valence-electron chi connectivity index (χ4n) is 5.59. The minimum absolute atomic E-state index is 1.12. The van der Waals surface area contributed by atoms with Crippen molar-refractivity contribution in [3.63, 3.8) is 0 Å². The van der Waals surface area contributed by atoms with Crippen molar-refractivity contribution in [1.29, 1.82) is 0 Å². The average molecular weight is 637 g/mol. The molecule has 0 spiro atoms. The van der Waals surface area contributed by atoms with Gasteiger partial charge in [0.15, 0.2) is 0 Å². The number of hydrogen-bond acceptors (Lipinski definition) is 0. The molecule has 0 amide bonds. The van der Waals surface area contributed by atoms with E-state index in [4.69, 9.17) is 0 Å². The van der Waals surface area contributed by atoms with Gasteiger partial charge in [-0.15, -0.1) is 0 Å². The largest absolute Gasteiger partial charge is 0.0613 e. The molecule has 6 rings (SSSR count). The second kappa shape index (κ2) is 20.9. The highest BCUT2D eigenvalue weighted by molar-refractivity contribution is 5.84. The van der Waals surface area contributed by atoms with Gasteiger partial charge in [-0.2, -0.15) is 0 Å². The van der Waals surface area contributed by atoms with Gasteiger partial charge >= 0.3 is 0 Å². The van der Waals surface area contributed by atoms with Crippen molar-refractivity contribution in [2.24, 2.45) is 0 Å². The zero-order valence-electron chi connectivity index (χ0n) is 31.2. The van der Waals surface area contributed by atoms with E-state index in [1.807, 2.05) is 0 Å². The molecule has 0 N–H and O–H groups in total. The first-order chi connectivity index (χ1) is 23.4. The quantitative estimate of drug-likeness (QED) is 0.156. The summed E-state index contributed by atoms with van der Waals surface area (Å²) in [6.45, 7) is 17.5. The molecule has 0 saturated heterocycles. The van der Waals surface area contributed by atoms with Gasteiger partial charge in [0.05, 0.1) is 0 Å². The highest BCUT2D eigenvalue weighted by Gasteiger charge is 1.98. The highest BCUT2D eigenvalue weighted by Crippen LogP contribution is 2.20. The van der Waals surface area contributed by atoms with E-state index < -0.39 is 0 Å². The maximum atomic E-state index is 2.29. The molecule has 0 heterocycles. The number of rotatable bonds is 8. The molecule has 0 aromatic heterocycles. The van der Waals surface area contributed by atoms with Crippen molar-refractivity contribution in [3.8, 4) is 0 Å². The normalized spacial score (nSPS) is 10.3. The molecular formula is C48H60. The van der Waals surface area contributed by atoms with Gasteiger partial charge < -0.3 is 0 Å². The Bertz CT molecular complexity index is 1500. The van der Waals surface area contributed by atoms with Crippen LogP contribution in [0.5, 0.6) is 0 Å². The topological polar surface area (TPSA) is 0 Å². The molecule has 0 saturated carbocycles. The SMILES string of the molecule is CCc1ccc(CC)cc1.CCc1ccc(CC)cc1.CCc1ccc2cc(CC)ccc2c1.CCc1ccc2cc(CC)ccc2c1. The van der Waals surface area contributed by atoms with Gasteiger partial charge in [0, 0.05) is 0 Å². The van der Waals surface area contributed by atoms with E-state index in [2.05, 4.69) is 177 Å². The van der Waals surface area contributed by atoms with Crippen molar-refractivity contribution in [1.82, 2.24) is 0 Å². The van der Waals surface area contributed by atoms with Gasteiger partial charge in [0.1, 0.15) is 0 Å². The Morgan fingerprint density at radius 2 is 0.354 bits per heavy atom. The predicted octanol–water partition coefficient (Wildman–Crippen LogP) is 13.6. The fourth-order valence-corrected chi connectivity index (χ4v) is 5.59. The molecule has 6 aromatic rings. The summed E-state index contributed by atoms with van der Waals surface area (Å²) in [7, 11) is 0. The van der Waals surface area contributed by atoms with Crippen LogP contribution < -0.4 is 0 Å². The Morgan fingerprint density at radius 3 is 0.500 bits per heavy atom. The zero-order chi connectivity index (χ0) is 34.7. The van der Waals surface area contributed by atoms with Crippen LogP contribution in [0.1, 0.15) is 99.9 Å². The van der Waals surface area contributed by atoms with E-state index in [1.165, 1.54) is 66.1 Å². The summed E-state index contributed by atoms with van der Waals surface area (Å²) in [6, 6.07) is 44.6. The van der Waals surface area contributed by atoms with Crippen molar-refractivity contribution in [3.05, 3.63) is 166 Å². The molecule has 0 unspecified atom stereocenters. The Kier molecular flexibility index (Phi) is 16.7. The molecule has 0 radical (unpaired) electrons. The lowest BCUT2D eigenvalue weighted by Gasteiger charge is -2.03. The smallest absolute Gasteiger partial charge is 0.0181 e. The van der Waals surface area contributed by atoms with Crippen LogP contribution in [0.15, 0.2) is 121 Å². The predicted molar refractivity (Wildman–Crippen MR) is 216 cm³/mol. The minimum atomic E-state index is 1.12. The summed E-state index contributed by atoms with van der Waals surface area (Å²) in [5.41, 5.74) is 11.4. The van der Waals surface area contributed by atoms with Crippen LogP contribution in [0.4, 0.5) is 0 Å². The molecule has 0 aliphatic rings. The first-order valence-corrected chi connectivity index (χ1v) is 18.6. The zero-order valence-corrected chi connectivity index (χ0v) is 31.2. The average Bonchev–Trinajstić information content (AvgIpc) is 3.17. The third-order valence-electron chi connectivity index (χ3n) is 9.25. The van der Waals surface area contributed by atoms with E-state index in [1.54, 1.807) is 0 Å². The van der Waals surface area contributed by atoms with Crippen LogP contribution in [0, 0.1) is 0 Å². The molecule has 6 aromatic carbocycles. The molecule has 0 bridgehead atoms. The number of hydrogen-bond donors (Lipinski definition) is 0. The van der Waals surface area contributed by atoms with E-state index in [0.717, 1.165) is 51.4 Å². The van der Waals surface area contributed by atoms with Crippen LogP contribution in [0.25, 0.3) is 21.5 Å². The van der Waals surface area contributed by atoms with E-state index in [-0.39, 0.29) is 0 Å². The monoisotopic (exact) mass is 636 g/mol. The van der Waals surface area contributed by atoms with Crippen LogP contribution >= 0.6 is 0 Å². The number of aryl methyl sites for hydroxylation is 8. The van der Waals surface area contributed by atoms with Gasteiger partial charge in [0.2, 0.25) is 0 Å². The van der Waals surface area contributed by atoms with Gasteiger partial charge in [0.25, 0.3) is 0 Å². The Balaban J connectivity index is 0.000000176. The molecule has 0 aliphatic heterocycles. The highest BCUT2D eigenvalue weighted by atomic mass is 14.0. The van der Waals surface area contributed by atoms with Crippen molar-refractivity contribution < 1.29 is 0 Å². The van der Waals surface area contributed by atoms with Crippen LogP contribution in [0.3, 0.4) is 0 Å². The second-order valence-corrected chi connectivity index (χ2v) is 12.5. The van der Waals surface area contributed by atoms with Gasteiger partial charge in [-0.3, -0.25) is 0 Å². The third-order valence-corrected chi connectivity index (χ3v) is 9.25. The summed E-state index contributed by atoms with van der Waals surface area (Å²) in [4.78, 5) is 0. The maximum Gasteiger partial charge on any atom is -0.0181 e. The molecule has 48 heavy (non-hydrogen) atoms. The first kappa shape index (κ1) is 38.3. The Labute approximate surface area is 293 Å². The number of benzene rings is 6. The summed E-state index contributed by atoms with van der Waals surface area (Å²) in [6.07, 6.45) is 9.04. The molecule has 252 valence electrons. The fraction of sp³-hybridized carbons (Fsp3) is 0.333. The van der Waals surface area contributed by atoms with Crippen LogP contribution in [-0.2, 0) is 51.4 Å². The lowest BCUT2D eigenvalue weighted by Crippen LogP contribution is -1.83. The van der Waals surface area contributed by atoms with Gasteiger partial charge in [-0.05, 0) is 117 Å². The summed E-state index contributed by atoms with van der Waals surface area (Å²) < 4.78 is 0.